The normalized spacial score (nSPS) is 19.6. The van der Waals surface area contributed by atoms with Gasteiger partial charge in [0.1, 0.15) is 11.2 Å². The van der Waals surface area contributed by atoms with Gasteiger partial charge in [0.2, 0.25) is 0 Å². The lowest BCUT2D eigenvalue weighted by atomic mass is 10.1. The van der Waals surface area contributed by atoms with Crippen molar-refractivity contribution < 1.29 is 40.7 Å². The molecule has 1 spiro atoms. The first-order valence-electron chi connectivity index (χ1n) is 11.4. The molecule has 2 aliphatic heterocycles. The number of hydrogen-bond donors (Lipinski definition) is 0. The molecular weight excluding hydrogens is 517 g/mol. The van der Waals surface area contributed by atoms with Crippen molar-refractivity contribution in [3.8, 4) is 0 Å². The molecule has 5 rings (SSSR count). The Kier molecular flexibility index (Phi) is 5.98. The number of amides is 4. The quantitative estimate of drug-likeness (QED) is 0.537. The number of aromatic nitrogens is 1. The second-order valence-electron chi connectivity index (χ2n) is 8.94. The number of alkyl halides is 3. The molecule has 196 valence electrons. The van der Waals surface area contributed by atoms with Gasteiger partial charge >= 0.3 is 11.5 Å². The number of halogens is 3. The largest absolute Gasteiger partial charge is 0.501 e. The molecule has 1 aromatic carbocycles. The zero-order chi connectivity index (χ0) is 26.6. The van der Waals surface area contributed by atoms with Crippen LogP contribution in [0.4, 0.5) is 23.7 Å². The Labute approximate surface area is 209 Å². The van der Waals surface area contributed by atoms with Crippen molar-refractivity contribution in [3.63, 3.8) is 0 Å². The summed E-state index contributed by atoms with van der Waals surface area (Å²) in [5.41, 5.74) is -5.84. The number of pyridine rings is 1. The fourth-order valence-electron chi connectivity index (χ4n) is 4.47. The molecular formula is C23H21F3N4O6S. The van der Waals surface area contributed by atoms with Crippen LogP contribution in [-0.2, 0) is 25.9 Å². The predicted octanol–water partition coefficient (Wildman–Crippen LogP) is 2.35. The third kappa shape index (κ3) is 4.23. The molecule has 3 heterocycles. The van der Waals surface area contributed by atoms with E-state index >= 15 is 0 Å². The number of ether oxygens (including phenoxy) is 1. The number of carbonyl (C=O) groups excluding carboxylic acids is 3. The average Bonchev–Trinajstić information content (AvgIpc) is 3.66. The summed E-state index contributed by atoms with van der Waals surface area (Å²) < 4.78 is 67.1. The van der Waals surface area contributed by atoms with Gasteiger partial charge in [-0.2, -0.15) is 13.2 Å². The zero-order valence-corrected chi connectivity index (χ0v) is 20.1. The molecule has 3 aliphatic rings. The van der Waals surface area contributed by atoms with E-state index in [-0.39, 0.29) is 23.8 Å². The van der Waals surface area contributed by atoms with E-state index in [4.69, 9.17) is 4.74 Å². The van der Waals surface area contributed by atoms with Gasteiger partial charge in [0.25, 0.3) is 21.7 Å². The van der Waals surface area contributed by atoms with Gasteiger partial charge in [0.15, 0.2) is 0 Å². The first-order valence-corrected chi connectivity index (χ1v) is 12.8. The number of urea groups is 1. The van der Waals surface area contributed by atoms with Crippen LogP contribution in [0.25, 0.3) is 0 Å². The number of anilines is 1. The monoisotopic (exact) mass is 538 g/mol. The zero-order valence-electron chi connectivity index (χ0n) is 19.3. The maximum atomic E-state index is 13.3. The van der Waals surface area contributed by atoms with Gasteiger partial charge < -0.3 is 14.5 Å². The van der Waals surface area contributed by atoms with Gasteiger partial charge in [0, 0.05) is 25.8 Å². The summed E-state index contributed by atoms with van der Waals surface area (Å²) in [7, 11) is -5.57. The van der Waals surface area contributed by atoms with Crippen molar-refractivity contribution in [2.24, 2.45) is 0 Å². The molecule has 1 saturated carbocycles. The number of carbonyl (C=O) groups is 3. The van der Waals surface area contributed by atoms with E-state index in [0.29, 0.717) is 56.8 Å². The number of morpholine rings is 1. The predicted molar refractivity (Wildman–Crippen MR) is 121 cm³/mol. The van der Waals surface area contributed by atoms with Crippen LogP contribution in [0.5, 0.6) is 0 Å². The van der Waals surface area contributed by atoms with Crippen molar-refractivity contribution in [1.29, 1.82) is 0 Å². The molecule has 0 atom stereocenters. The molecule has 2 saturated heterocycles. The topological polar surface area (TPSA) is 117 Å². The van der Waals surface area contributed by atoms with Crippen LogP contribution >= 0.6 is 0 Å². The van der Waals surface area contributed by atoms with E-state index in [1.165, 1.54) is 11.1 Å². The number of imide groups is 1. The molecule has 10 nitrogen and oxygen atoms in total. The Hall–Kier alpha value is -3.52. The SMILES string of the molecule is O=C(c1cc(CN2C(=O)N(c3ccc(S(=O)(=O)C(F)(F)F)cc3)C(=O)C23CC3)ccn1)N1CCOCC1. The van der Waals surface area contributed by atoms with Crippen LogP contribution in [0.2, 0.25) is 0 Å². The molecule has 1 aromatic heterocycles. The minimum atomic E-state index is -5.57. The lowest BCUT2D eigenvalue weighted by Gasteiger charge is -2.26. The highest BCUT2D eigenvalue weighted by atomic mass is 32.2. The molecule has 0 radical (unpaired) electrons. The first-order chi connectivity index (χ1) is 17.5. The highest BCUT2D eigenvalue weighted by Gasteiger charge is 2.65. The van der Waals surface area contributed by atoms with E-state index in [2.05, 4.69) is 4.98 Å². The molecule has 37 heavy (non-hydrogen) atoms. The smallest absolute Gasteiger partial charge is 0.378 e. The molecule has 0 bridgehead atoms. The Morgan fingerprint density at radius 2 is 1.70 bits per heavy atom. The molecule has 4 amide bonds. The Morgan fingerprint density at radius 1 is 1.05 bits per heavy atom. The van der Waals surface area contributed by atoms with Gasteiger partial charge in [-0.1, -0.05) is 0 Å². The van der Waals surface area contributed by atoms with Crippen molar-refractivity contribution in [1.82, 2.24) is 14.8 Å². The summed E-state index contributed by atoms with van der Waals surface area (Å²) in [6, 6.07) is 5.93. The second-order valence-corrected chi connectivity index (χ2v) is 10.9. The summed E-state index contributed by atoms with van der Waals surface area (Å²) in [4.78, 5) is 46.3. The van der Waals surface area contributed by atoms with E-state index in [1.54, 1.807) is 17.0 Å². The second kappa shape index (κ2) is 8.80. The van der Waals surface area contributed by atoms with Crippen molar-refractivity contribution in [3.05, 3.63) is 53.9 Å². The minimum Gasteiger partial charge on any atom is -0.378 e. The number of hydrogen-bond acceptors (Lipinski definition) is 7. The van der Waals surface area contributed by atoms with Crippen LogP contribution in [0, 0.1) is 0 Å². The minimum absolute atomic E-state index is 0.00746. The maximum absolute atomic E-state index is 13.3. The highest BCUT2D eigenvalue weighted by molar-refractivity contribution is 7.92. The van der Waals surface area contributed by atoms with Gasteiger partial charge in [-0.3, -0.25) is 14.6 Å². The molecule has 2 aromatic rings. The van der Waals surface area contributed by atoms with E-state index in [0.717, 1.165) is 17.0 Å². The molecule has 1 aliphatic carbocycles. The number of rotatable bonds is 5. The van der Waals surface area contributed by atoms with Gasteiger partial charge in [-0.05, 0) is 54.8 Å². The molecule has 0 N–H and O–H groups in total. The summed E-state index contributed by atoms with van der Waals surface area (Å²) in [5, 5.41) is 0. The van der Waals surface area contributed by atoms with Gasteiger partial charge in [0.05, 0.1) is 23.8 Å². The molecule has 14 heteroatoms. The summed E-state index contributed by atoms with van der Waals surface area (Å²) in [6.45, 7) is 1.73. The van der Waals surface area contributed by atoms with Crippen molar-refractivity contribution in [2.45, 2.75) is 35.3 Å². The third-order valence-corrected chi connectivity index (χ3v) is 8.16. The van der Waals surface area contributed by atoms with Gasteiger partial charge in [-0.25, -0.2) is 18.1 Å². The Bertz CT molecular complexity index is 1370. The first kappa shape index (κ1) is 25.1. The average molecular weight is 539 g/mol. The highest BCUT2D eigenvalue weighted by Crippen LogP contribution is 2.49. The number of sulfone groups is 1. The standard InChI is InChI=1S/C23H21F3N4O6S/c24-23(25,26)37(34,35)17-3-1-16(2-4-17)30-20(32)22(6-7-22)29(21(30)33)14-15-5-8-27-18(13-15)19(31)28-9-11-36-12-10-28/h1-5,8,13H,6-7,9-12,14H2. The van der Waals surface area contributed by atoms with Crippen LogP contribution in [-0.4, -0.2) is 78.4 Å². The van der Waals surface area contributed by atoms with Crippen molar-refractivity contribution >= 4 is 33.4 Å². The maximum Gasteiger partial charge on any atom is 0.501 e. The lowest BCUT2D eigenvalue weighted by Crippen LogP contribution is -2.41. The molecule has 0 unspecified atom stereocenters. The van der Waals surface area contributed by atoms with Crippen LogP contribution in [0.15, 0.2) is 47.5 Å². The van der Waals surface area contributed by atoms with E-state index in [9.17, 15) is 36.0 Å². The Morgan fingerprint density at radius 3 is 2.30 bits per heavy atom. The fraction of sp³-hybridized carbons (Fsp3) is 0.391. The van der Waals surface area contributed by atoms with E-state index in [1.807, 2.05) is 0 Å². The van der Waals surface area contributed by atoms with Crippen LogP contribution in [0.3, 0.4) is 0 Å². The van der Waals surface area contributed by atoms with Crippen LogP contribution < -0.4 is 4.90 Å². The summed E-state index contributed by atoms with van der Waals surface area (Å²) in [6.07, 6.45) is 2.25. The third-order valence-electron chi connectivity index (χ3n) is 6.66. The van der Waals surface area contributed by atoms with Gasteiger partial charge in [-0.15, -0.1) is 0 Å². The summed E-state index contributed by atoms with van der Waals surface area (Å²) >= 11 is 0. The van der Waals surface area contributed by atoms with E-state index < -0.39 is 37.7 Å². The Balaban J connectivity index is 1.38. The van der Waals surface area contributed by atoms with Crippen LogP contribution in [0.1, 0.15) is 28.9 Å². The summed E-state index contributed by atoms with van der Waals surface area (Å²) in [5.74, 6) is -0.812. The fourth-order valence-corrected chi connectivity index (χ4v) is 5.23. The molecule has 3 fully saturated rings. The number of benzene rings is 1. The lowest BCUT2D eigenvalue weighted by molar-refractivity contribution is -0.120. The number of nitrogens with zero attached hydrogens (tertiary/aromatic N) is 4. The van der Waals surface area contributed by atoms with Crippen molar-refractivity contribution in [2.75, 3.05) is 31.2 Å².